The van der Waals surface area contributed by atoms with E-state index in [0.29, 0.717) is 38.3 Å². The number of fused-ring (bicyclic) bond motifs is 1. The Labute approximate surface area is 169 Å². The van der Waals surface area contributed by atoms with E-state index >= 15 is 0 Å². The Morgan fingerprint density at radius 2 is 2.07 bits per heavy atom. The van der Waals surface area contributed by atoms with E-state index in [4.69, 9.17) is 4.74 Å². The fourth-order valence-corrected chi connectivity index (χ4v) is 3.54. The van der Waals surface area contributed by atoms with Crippen molar-refractivity contribution in [1.82, 2.24) is 20.2 Å². The summed E-state index contributed by atoms with van der Waals surface area (Å²) >= 11 is 1.13. The minimum atomic E-state index is -0.533. The van der Waals surface area contributed by atoms with Crippen LogP contribution in [0.2, 0.25) is 0 Å². The predicted octanol–water partition coefficient (Wildman–Crippen LogP) is 4.17. The maximum atomic E-state index is 14.4. The fourth-order valence-electron chi connectivity index (χ4n) is 2.83. The number of aromatic nitrogens is 4. The number of carbonyl (C=O) groups is 1. The van der Waals surface area contributed by atoms with Crippen LogP contribution in [-0.4, -0.2) is 33.2 Å². The zero-order valence-corrected chi connectivity index (χ0v) is 16.6. The summed E-state index contributed by atoms with van der Waals surface area (Å²) in [6.07, 6.45) is 1.43. The smallest absolute Gasteiger partial charge is 0.267 e. The van der Waals surface area contributed by atoms with Crippen LogP contribution in [0.5, 0.6) is 5.88 Å². The summed E-state index contributed by atoms with van der Waals surface area (Å²) in [4.78, 5) is 21.5. The van der Waals surface area contributed by atoms with Crippen LogP contribution in [0, 0.1) is 19.7 Å². The lowest BCUT2D eigenvalue weighted by molar-refractivity contribution is 0.103. The van der Waals surface area contributed by atoms with Gasteiger partial charge in [-0.2, -0.15) is 10.1 Å². The Morgan fingerprint density at radius 3 is 2.86 bits per heavy atom. The number of carbonyl (C=O) groups excluding carboxylic acids is 1. The molecule has 1 amide bonds. The third-order valence-electron chi connectivity index (χ3n) is 4.33. The normalized spacial score (nSPS) is 10.9. The second-order valence-corrected chi connectivity index (χ2v) is 7.32. The van der Waals surface area contributed by atoms with Gasteiger partial charge in [0, 0.05) is 17.1 Å². The number of aryl methyl sites for hydroxylation is 2. The van der Waals surface area contributed by atoms with E-state index in [2.05, 4.69) is 30.8 Å². The van der Waals surface area contributed by atoms with Crippen molar-refractivity contribution in [2.24, 2.45) is 0 Å². The lowest BCUT2D eigenvalue weighted by atomic mass is 10.1. The molecule has 0 bridgehead atoms. The number of hydrogen-bond acceptors (Lipinski definition) is 7. The van der Waals surface area contributed by atoms with Crippen LogP contribution in [0.15, 0.2) is 30.5 Å². The fraction of sp³-hybridized carbons (Fsp3) is 0.158. The Balaban J connectivity index is 1.57. The van der Waals surface area contributed by atoms with E-state index in [0.717, 1.165) is 16.9 Å². The molecule has 29 heavy (non-hydrogen) atoms. The average molecular weight is 412 g/mol. The van der Waals surface area contributed by atoms with Crippen LogP contribution in [0.25, 0.3) is 10.9 Å². The number of benzene rings is 1. The van der Waals surface area contributed by atoms with Gasteiger partial charge in [-0.25, -0.2) is 9.37 Å². The lowest BCUT2D eigenvalue weighted by Gasteiger charge is -2.08. The van der Waals surface area contributed by atoms with Crippen molar-refractivity contribution >= 4 is 44.8 Å². The molecular weight excluding hydrogens is 395 g/mol. The van der Waals surface area contributed by atoms with Gasteiger partial charge in [0.25, 0.3) is 5.91 Å². The van der Waals surface area contributed by atoms with Gasteiger partial charge >= 0.3 is 0 Å². The second-order valence-electron chi connectivity index (χ2n) is 6.29. The molecule has 3 aromatic heterocycles. The van der Waals surface area contributed by atoms with Crippen LogP contribution in [0.3, 0.4) is 0 Å². The molecule has 1 aromatic carbocycles. The molecule has 10 heteroatoms. The Bertz CT molecular complexity index is 1220. The third-order valence-corrected chi connectivity index (χ3v) is 5.24. The first kappa shape index (κ1) is 18.8. The second kappa shape index (κ2) is 7.47. The minimum Gasteiger partial charge on any atom is -0.481 e. The number of hydrogen-bond donors (Lipinski definition) is 3. The van der Waals surface area contributed by atoms with Crippen molar-refractivity contribution in [1.29, 1.82) is 0 Å². The van der Waals surface area contributed by atoms with Gasteiger partial charge in [-0.15, -0.1) is 0 Å². The molecule has 3 heterocycles. The summed E-state index contributed by atoms with van der Waals surface area (Å²) in [7, 11) is 1.54. The highest BCUT2D eigenvalue weighted by molar-refractivity contribution is 7.17. The summed E-state index contributed by atoms with van der Waals surface area (Å²) in [5.74, 6) is 0.0504. The molecule has 3 N–H and O–H groups in total. The van der Waals surface area contributed by atoms with Crippen molar-refractivity contribution in [3.8, 4) is 5.88 Å². The molecule has 0 unspecified atom stereocenters. The van der Waals surface area contributed by atoms with Gasteiger partial charge in [0.15, 0.2) is 5.13 Å². The average Bonchev–Trinajstić information content (AvgIpc) is 3.33. The number of amides is 1. The molecule has 0 spiro atoms. The molecule has 0 aliphatic rings. The minimum absolute atomic E-state index is 0.0898. The zero-order chi connectivity index (χ0) is 20.5. The summed E-state index contributed by atoms with van der Waals surface area (Å²) in [5, 5.41) is 13.6. The first-order valence-electron chi connectivity index (χ1n) is 8.65. The van der Waals surface area contributed by atoms with Crippen molar-refractivity contribution in [2.75, 3.05) is 17.7 Å². The molecule has 0 radical (unpaired) electrons. The van der Waals surface area contributed by atoms with E-state index in [-0.39, 0.29) is 5.69 Å². The molecule has 0 aliphatic heterocycles. The summed E-state index contributed by atoms with van der Waals surface area (Å²) in [5.41, 5.74) is 2.23. The van der Waals surface area contributed by atoms with Crippen LogP contribution in [0.4, 0.5) is 21.0 Å². The standard InChI is InChI=1S/C19H17FN6O2S/c1-9-4-7-14(28-3)22-17(9)24-19-21-8-13(29-19)18(27)23-16-11(20)5-6-12-15(16)10(2)25-26-12/h4-8H,1-3H3,(H,23,27)(H,25,26)(H,21,22,24). The van der Waals surface area contributed by atoms with E-state index in [1.54, 1.807) is 19.1 Å². The van der Waals surface area contributed by atoms with Gasteiger partial charge in [0.2, 0.25) is 5.88 Å². The molecule has 4 aromatic rings. The number of pyridine rings is 1. The number of H-pyrrole nitrogens is 1. The number of thiazole rings is 1. The lowest BCUT2D eigenvalue weighted by Crippen LogP contribution is -2.12. The number of nitrogens with zero attached hydrogens (tertiary/aromatic N) is 3. The van der Waals surface area contributed by atoms with E-state index < -0.39 is 11.7 Å². The van der Waals surface area contributed by atoms with Crippen molar-refractivity contribution < 1.29 is 13.9 Å². The van der Waals surface area contributed by atoms with Crippen molar-refractivity contribution in [3.05, 3.63) is 52.4 Å². The zero-order valence-electron chi connectivity index (χ0n) is 15.8. The molecule has 8 nitrogen and oxygen atoms in total. The topological polar surface area (TPSA) is 105 Å². The van der Waals surface area contributed by atoms with Gasteiger partial charge in [-0.1, -0.05) is 17.4 Å². The quantitative estimate of drug-likeness (QED) is 0.454. The van der Waals surface area contributed by atoms with E-state index in [1.165, 1.54) is 19.4 Å². The van der Waals surface area contributed by atoms with Crippen LogP contribution in [-0.2, 0) is 0 Å². The highest BCUT2D eigenvalue weighted by Crippen LogP contribution is 2.30. The number of anilines is 3. The number of aromatic amines is 1. The van der Waals surface area contributed by atoms with Crippen molar-refractivity contribution in [2.45, 2.75) is 13.8 Å². The predicted molar refractivity (Wildman–Crippen MR) is 110 cm³/mol. The third kappa shape index (κ3) is 3.61. The number of nitrogens with one attached hydrogen (secondary N) is 3. The van der Waals surface area contributed by atoms with Crippen LogP contribution >= 0.6 is 11.3 Å². The Morgan fingerprint density at radius 1 is 1.24 bits per heavy atom. The summed E-state index contributed by atoms with van der Waals surface area (Å²) < 4.78 is 19.5. The van der Waals surface area contributed by atoms with Gasteiger partial charge in [0.05, 0.1) is 24.5 Å². The highest BCUT2D eigenvalue weighted by Gasteiger charge is 2.18. The first-order chi connectivity index (χ1) is 14.0. The maximum absolute atomic E-state index is 14.4. The van der Waals surface area contributed by atoms with Crippen molar-refractivity contribution in [3.63, 3.8) is 0 Å². The molecule has 148 valence electrons. The number of ether oxygens (including phenoxy) is 1. The molecule has 0 aliphatic carbocycles. The van der Waals surface area contributed by atoms with Gasteiger partial charge in [-0.05, 0) is 31.5 Å². The number of rotatable bonds is 5. The van der Waals surface area contributed by atoms with Gasteiger partial charge in [0.1, 0.15) is 16.5 Å². The summed E-state index contributed by atoms with van der Waals surface area (Å²) in [6, 6.07) is 6.46. The van der Waals surface area contributed by atoms with E-state index in [9.17, 15) is 9.18 Å². The SMILES string of the molecule is COc1ccc(C)c(Nc2ncc(C(=O)Nc3c(F)ccc4n[nH]c(C)c34)s2)n1. The monoisotopic (exact) mass is 412 g/mol. The molecule has 0 saturated heterocycles. The summed E-state index contributed by atoms with van der Waals surface area (Å²) in [6.45, 7) is 3.66. The highest BCUT2D eigenvalue weighted by atomic mass is 32.1. The van der Waals surface area contributed by atoms with Gasteiger partial charge < -0.3 is 15.4 Å². The molecule has 0 atom stereocenters. The number of methoxy groups -OCH3 is 1. The maximum Gasteiger partial charge on any atom is 0.267 e. The van der Waals surface area contributed by atoms with Gasteiger partial charge in [-0.3, -0.25) is 9.89 Å². The Hall–Kier alpha value is -3.53. The molecule has 4 rings (SSSR count). The molecule has 0 fully saturated rings. The molecule has 0 saturated carbocycles. The largest absolute Gasteiger partial charge is 0.481 e. The van der Waals surface area contributed by atoms with Crippen LogP contribution < -0.4 is 15.4 Å². The van der Waals surface area contributed by atoms with E-state index in [1.807, 2.05) is 13.0 Å². The first-order valence-corrected chi connectivity index (χ1v) is 9.47. The number of halogens is 1. The Kier molecular flexibility index (Phi) is 4.85. The van der Waals surface area contributed by atoms with Crippen LogP contribution in [0.1, 0.15) is 20.9 Å². The molecular formula is C19H17FN6O2S.